The number of carbonyl (C=O) groups excluding carboxylic acids is 1. The average Bonchev–Trinajstić information content (AvgIpc) is 2.42. The Morgan fingerprint density at radius 2 is 1.63 bits per heavy atom. The Labute approximate surface area is 119 Å². The van der Waals surface area contributed by atoms with E-state index in [1.807, 2.05) is 39.0 Å². The second-order valence-electron chi connectivity index (χ2n) is 4.34. The molecule has 1 rings (SSSR count). The predicted molar refractivity (Wildman–Crippen MR) is 86.0 cm³/mol. The molecule has 0 N–H and O–H groups in total. The van der Waals surface area contributed by atoms with E-state index in [0.29, 0.717) is 0 Å². The van der Waals surface area contributed by atoms with E-state index < -0.39 is 0 Å². The lowest BCUT2D eigenvalue weighted by molar-refractivity contribution is 0.112. The maximum atomic E-state index is 10.2. The third-order valence-electron chi connectivity index (χ3n) is 2.39. The molecule has 19 heavy (non-hydrogen) atoms. The van der Waals surface area contributed by atoms with Crippen LogP contribution < -0.4 is 0 Å². The van der Waals surface area contributed by atoms with Gasteiger partial charge in [-0.25, -0.2) is 0 Å². The summed E-state index contributed by atoms with van der Waals surface area (Å²) in [5.74, 6) is 0. The molecule has 0 aromatic heterocycles. The summed E-state index contributed by atoms with van der Waals surface area (Å²) in [4.78, 5) is 12.5. The highest BCUT2D eigenvalue weighted by Gasteiger charge is 1.90. The molecule has 0 amide bonds. The highest BCUT2D eigenvalue weighted by Crippen LogP contribution is 1.99. The molecule has 0 heterocycles. The molecule has 0 saturated heterocycles. The molecule has 0 fully saturated rings. The Hall–Kier alpha value is -1.15. The van der Waals surface area contributed by atoms with E-state index in [1.54, 1.807) is 6.07 Å². The van der Waals surface area contributed by atoms with Gasteiger partial charge >= 0.3 is 0 Å². The van der Waals surface area contributed by atoms with Gasteiger partial charge in [0.15, 0.2) is 0 Å². The van der Waals surface area contributed by atoms with Gasteiger partial charge in [-0.05, 0) is 46.0 Å². The van der Waals surface area contributed by atoms with Gasteiger partial charge < -0.3 is 4.90 Å². The number of rotatable bonds is 5. The van der Waals surface area contributed by atoms with Crippen LogP contribution in [0.25, 0.3) is 0 Å². The molecule has 1 aromatic rings. The number of hydrogen-bond acceptors (Lipinski definition) is 2. The van der Waals surface area contributed by atoms with Crippen molar-refractivity contribution in [1.29, 1.82) is 0 Å². The van der Waals surface area contributed by atoms with E-state index in [0.717, 1.165) is 17.4 Å². The van der Waals surface area contributed by atoms with Gasteiger partial charge in [0, 0.05) is 5.56 Å². The molecule has 1 aromatic carbocycles. The van der Waals surface area contributed by atoms with Crippen molar-refractivity contribution in [1.82, 2.24) is 4.90 Å². The molecule has 0 unspecified atom stereocenters. The topological polar surface area (TPSA) is 20.3 Å². The van der Waals surface area contributed by atoms with Crippen molar-refractivity contribution in [2.24, 2.45) is 0 Å². The SMILES string of the molecule is CC.CCCN(C)CCC.Cc1cccc(C=O)c1. The van der Waals surface area contributed by atoms with E-state index in [-0.39, 0.29) is 0 Å². The van der Waals surface area contributed by atoms with Crippen molar-refractivity contribution in [3.8, 4) is 0 Å². The molecule has 0 bridgehead atoms. The molecule has 110 valence electrons. The van der Waals surface area contributed by atoms with E-state index in [2.05, 4.69) is 25.8 Å². The number of aldehydes is 1. The zero-order valence-corrected chi connectivity index (χ0v) is 13.6. The van der Waals surface area contributed by atoms with Crippen LogP contribution in [0.4, 0.5) is 0 Å². The summed E-state index contributed by atoms with van der Waals surface area (Å²) < 4.78 is 0. The van der Waals surface area contributed by atoms with E-state index in [4.69, 9.17) is 0 Å². The van der Waals surface area contributed by atoms with Crippen LogP contribution in [-0.2, 0) is 0 Å². The highest BCUT2D eigenvalue weighted by molar-refractivity contribution is 5.74. The summed E-state index contributed by atoms with van der Waals surface area (Å²) >= 11 is 0. The van der Waals surface area contributed by atoms with Crippen LogP contribution in [0, 0.1) is 6.92 Å². The summed E-state index contributed by atoms with van der Waals surface area (Å²) in [5.41, 5.74) is 1.87. The molecule has 2 nitrogen and oxygen atoms in total. The molecule has 0 atom stereocenters. The normalized spacial score (nSPS) is 9.00. The van der Waals surface area contributed by atoms with Gasteiger partial charge in [0.25, 0.3) is 0 Å². The number of benzene rings is 1. The highest BCUT2D eigenvalue weighted by atomic mass is 16.1. The first kappa shape index (κ1) is 20.2. The number of nitrogens with zero attached hydrogens (tertiary/aromatic N) is 1. The van der Waals surface area contributed by atoms with Crippen LogP contribution in [-0.4, -0.2) is 31.3 Å². The van der Waals surface area contributed by atoms with E-state index >= 15 is 0 Å². The summed E-state index contributed by atoms with van der Waals surface area (Å²) in [6.45, 7) is 12.9. The number of hydrogen-bond donors (Lipinski definition) is 0. The fraction of sp³-hybridized carbons (Fsp3) is 0.588. The van der Waals surface area contributed by atoms with Crippen molar-refractivity contribution in [2.75, 3.05) is 20.1 Å². The van der Waals surface area contributed by atoms with Crippen LogP contribution in [0.5, 0.6) is 0 Å². The van der Waals surface area contributed by atoms with Crippen molar-refractivity contribution in [2.45, 2.75) is 47.5 Å². The molecule has 0 aliphatic carbocycles. The fourth-order valence-corrected chi connectivity index (χ4v) is 1.62. The molecule has 0 aliphatic rings. The summed E-state index contributed by atoms with van der Waals surface area (Å²) in [7, 11) is 2.17. The second-order valence-corrected chi connectivity index (χ2v) is 4.34. The van der Waals surface area contributed by atoms with Crippen LogP contribution >= 0.6 is 0 Å². The first-order valence-electron chi connectivity index (χ1n) is 7.34. The average molecular weight is 265 g/mol. The van der Waals surface area contributed by atoms with E-state index in [1.165, 1.54) is 25.9 Å². The number of carbonyl (C=O) groups is 1. The summed E-state index contributed by atoms with van der Waals surface area (Å²) in [5, 5.41) is 0. The second kappa shape index (κ2) is 14.9. The van der Waals surface area contributed by atoms with Crippen molar-refractivity contribution in [3.05, 3.63) is 35.4 Å². The lowest BCUT2D eigenvalue weighted by Crippen LogP contribution is -2.19. The molecule has 0 saturated carbocycles. The third kappa shape index (κ3) is 13.1. The summed E-state index contributed by atoms with van der Waals surface area (Å²) in [6.07, 6.45) is 3.40. The largest absolute Gasteiger partial charge is 0.306 e. The van der Waals surface area contributed by atoms with Crippen LogP contribution in [0.3, 0.4) is 0 Å². The van der Waals surface area contributed by atoms with Gasteiger partial charge in [0.05, 0.1) is 0 Å². The lowest BCUT2D eigenvalue weighted by atomic mass is 10.2. The third-order valence-corrected chi connectivity index (χ3v) is 2.39. The van der Waals surface area contributed by atoms with Crippen LogP contribution in [0.15, 0.2) is 24.3 Å². The minimum Gasteiger partial charge on any atom is -0.306 e. The standard InChI is InChI=1S/C8H8O.C7H17N.C2H6/c1-7-3-2-4-8(5-7)6-9;1-4-6-8(3)7-5-2;1-2/h2-6H,1H3;4-7H2,1-3H3;1-2H3. The molecular weight excluding hydrogens is 234 g/mol. The van der Waals surface area contributed by atoms with Gasteiger partial charge in [0.1, 0.15) is 6.29 Å². The Kier molecular flexibility index (Phi) is 15.8. The van der Waals surface area contributed by atoms with E-state index in [9.17, 15) is 4.79 Å². The Morgan fingerprint density at radius 1 is 1.11 bits per heavy atom. The molecule has 2 heteroatoms. The monoisotopic (exact) mass is 265 g/mol. The molecule has 0 aliphatic heterocycles. The smallest absolute Gasteiger partial charge is 0.150 e. The zero-order chi connectivity index (χ0) is 15.1. The van der Waals surface area contributed by atoms with Crippen molar-refractivity contribution in [3.63, 3.8) is 0 Å². The fourth-order valence-electron chi connectivity index (χ4n) is 1.62. The maximum Gasteiger partial charge on any atom is 0.150 e. The minimum absolute atomic E-state index is 0.745. The first-order valence-corrected chi connectivity index (χ1v) is 7.34. The quantitative estimate of drug-likeness (QED) is 0.727. The van der Waals surface area contributed by atoms with Crippen LogP contribution in [0.1, 0.15) is 56.5 Å². The Bertz CT molecular complexity index is 304. The number of aryl methyl sites for hydroxylation is 1. The van der Waals surface area contributed by atoms with Crippen LogP contribution in [0.2, 0.25) is 0 Å². The van der Waals surface area contributed by atoms with Crippen molar-refractivity contribution < 1.29 is 4.79 Å². The lowest BCUT2D eigenvalue weighted by Gasteiger charge is -2.12. The maximum absolute atomic E-state index is 10.2. The predicted octanol–water partition coefficient (Wildman–Crippen LogP) is 4.57. The molecular formula is C17H31NO. The summed E-state index contributed by atoms with van der Waals surface area (Å²) in [6, 6.07) is 7.49. The van der Waals surface area contributed by atoms with Gasteiger partial charge in [-0.3, -0.25) is 4.79 Å². The van der Waals surface area contributed by atoms with Crippen molar-refractivity contribution >= 4 is 6.29 Å². The molecule has 0 spiro atoms. The van der Waals surface area contributed by atoms with Gasteiger partial charge in [-0.2, -0.15) is 0 Å². The Morgan fingerprint density at radius 3 is 1.95 bits per heavy atom. The zero-order valence-electron chi connectivity index (χ0n) is 13.6. The minimum atomic E-state index is 0.745. The first-order chi connectivity index (χ1) is 9.13. The van der Waals surface area contributed by atoms with Gasteiger partial charge in [-0.1, -0.05) is 51.5 Å². The van der Waals surface area contributed by atoms with Gasteiger partial charge in [0.2, 0.25) is 0 Å². The van der Waals surface area contributed by atoms with Gasteiger partial charge in [-0.15, -0.1) is 0 Å². The Balaban J connectivity index is 0. The molecule has 0 radical (unpaired) electrons.